The second-order valence-electron chi connectivity index (χ2n) is 9.85. The Hall–Kier alpha value is -1.93. The number of thiophene rings is 1. The van der Waals surface area contributed by atoms with Crippen LogP contribution in [0.1, 0.15) is 48.3 Å². The normalized spacial score (nSPS) is 21.0. The van der Waals surface area contributed by atoms with E-state index in [1.54, 1.807) is 6.07 Å². The van der Waals surface area contributed by atoms with Gasteiger partial charge < -0.3 is 15.1 Å². The summed E-state index contributed by atoms with van der Waals surface area (Å²) in [7, 11) is 0. The topological polar surface area (TPSA) is 38.8 Å². The molecular formula is C27H34ClFN4OS. The van der Waals surface area contributed by atoms with Gasteiger partial charge in [-0.2, -0.15) is 0 Å². The SMILES string of the molecule is O=C(Nc1ccc(F)c(Cl)c1)N(CCN1CCCC1)C1CC=C(c2ccc(CN3CCC3)s2)CC1. The van der Waals surface area contributed by atoms with E-state index in [0.29, 0.717) is 12.2 Å². The van der Waals surface area contributed by atoms with Crippen LogP contribution in [0.3, 0.4) is 0 Å². The molecule has 1 aliphatic carbocycles. The highest BCUT2D eigenvalue weighted by atomic mass is 35.5. The van der Waals surface area contributed by atoms with E-state index in [9.17, 15) is 9.18 Å². The zero-order valence-corrected chi connectivity index (χ0v) is 21.7. The maximum absolute atomic E-state index is 13.6. The second-order valence-corrected chi connectivity index (χ2v) is 11.4. The van der Waals surface area contributed by atoms with Gasteiger partial charge in [0.2, 0.25) is 0 Å². The van der Waals surface area contributed by atoms with Crippen molar-refractivity contribution in [3.8, 4) is 0 Å². The molecular weight excluding hydrogens is 483 g/mol. The van der Waals surface area contributed by atoms with Crippen molar-refractivity contribution in [3.63, 3.8) is 0 Å². The van der Waals surface area contributed by atoms with E-state index >= 15 is 0 Å². The second kappa shape index (κ2) is 11.4. The molecule has 8 heteroatoms. The Balaban J connectivity index is 1.24. The number of hydrogen-bond donors (Lipinski definition) is 1. The number of allylic oxidation sites excluding steroid dienone is 1. The average molecular weight is 517 g/mol. The maximum atomic E-state index is 13.6. The van der Waals surface area contributed by atoms with Crippen molar-refractivity contribution in [2.24, 2.45) is 0 Å². The number of carbonyl (C=O) groups is 1. The fraction of sp³-hybridized carbons (Fsp3) is 0.519. The minimum absolute atomic E-state index is 0.0149. The van der Waals surface area contributed by atoms with Gasteiger partial charge in [-0.25, -0.2) is 9.18 Å². The average Bonchev–Trinajstić information content (AvgIpc) is 3.52. The molecule has 0 spiro atoms. The van der Waals surface area contributed by atoms with Gasteiger partial charge in [-0.15, -0.1) is 11.3 Å². The number of carbonyl (C=O) groups excluding carboxylic acids is 1. The van der Waals surface area contributed by atoms with Gasteiger partial charge in [0.05, 0.1) is 5.02 Å². The molecule has 0 bridgehead atoms. The minimum atomic E-state index is -0.484. The number of nitrogens with zero attached hydrogens (tertiary/aromatic N) is 3. The van der Waals surface area contributed by atoms with Crippen molar-refractivity contribution in [1.82, 2.24) is 14.7 Å². The summed E-state index contributed by atoms with van der Waals surface area (Å²) in [6, 6.07) is 8.88. The van der Waals surface area contributed by atoms with Crippen molar-refractivity contribution in [2.45, 2.75) is 51.1 Å². The Morgan fingerprint density at radius 1 is 1.11 bits per heavy atom. The molecule has 5 nitrogen and oxygen atoms in total. The highest BCUT2D eigenvalue weighted by Crippen LogP contribution is 2.34. The van der Waals surface area contributed by atoms with E-state index in [0.717, 1.165) is 45.4 Å². The van der Waals surface area contributed by atoms with Crippen molar-refractivity contribution in [3.05, 3.63) is 57.0 Å². The quantitative estimate of drug-likeness (QED) is 0.446. The highest BCUT2D eigenvalue weighted by molar-refractivity contribution is 7.13. The van der Waals surface area contributed by atoms with Gasteiger partial charge in [0.25, 0.3) is 0 Å². The molecule has 2 aromatic rings. The van der Waals surface area contributed by atoms with Gasteiger partial charge in [-0.3, -0.25) is 4.90 Å². The molecule has 2 saturated heterocycles. The molecule has 3 aliphatic rings. The molecule has 1 N–H and O–H groups in total. The van der Waals surface area contributed by atoms with Gasteiger partial charge in [-0.1, -0.05) is 17.7 Å². The van der Waals surface area contributed by atoms with Crippen LogP contribution in [0.5, 0.6) is 0 Å². The third kappa shape index (κ3) is 6.26. The Bertz CT molecular complexity index is 1060. The number of benzene rings is 1. The number of amides is 2. The Kier molecular flexibility index (Phi) is 8.07. The summed E-state index contributed by atoms with van der Waals surface area (Å²) in [5.41, 5.74) is 1.93. The first-order chi connectivity index (χ1) is 17.0. The minimum Gasteiger partial charge on any atom is -0.320 e. The summed E-state index contributed by atoms with van der Waals surface area (Å²) in [5.74, 6) is -0.484. The molecule has 1 atom stereocenters. The molecule has 1 aromatic heterocycles. The number of rotatable bonds is 8. The third-order valence-corrected chi connectivity index (χ3v) is 8.85. The van der Waals surface area contributed by atoms with Crippen LogP contribution < -0.4 is 5.32 Å². The number of anilines is 1. The van der Waals surface area contributed by atoms with E-state index in [1.165, 1.54) is 59.8 Å². The molecule has 5 rings (SSSR count). The van der Waals surface area contributed by atoms with Gasteiger partial charge in [0.1, 0.15) is 5.82 Å². The van der Waals surface area contributed by atoms with E-state index < -0.39 is 5.82 Å². The standard InChI is InChI=1S/C27H34ClFN4OS/c28-24-18-21(6-10-25(24)29)30-27(34)33(17-16-31-12-1-2-13-31)22-7-4-20(5-8-22)26-11-9-23(35-26)19-32-14-3-15-32/h4,6,9-11,18,22H,1-3,5,7-8,12-17,19H2,(H,30,34). The summed E-state index contributed by atoms with van der Waals surface area (Å²) in [4.78, 5) is 23.1. The third-order valence-electron chi connectivity index (χ3n) is 7.42. The van der Waals surface area contributed by atoms with Gasteiger partial charge >= 0.3 is 6.03 Å². The molecule has 2 amide bonds. The number of urea groups is 1. The summed E-state index contributed by atoms with van der Waals surface area (Å²) < 4.78 is 13.6. The summed E-state index contributed by atoms with van der Waals surface area (Å²) in [6.45, 7) is 7.29. The predicted octanol–water partition coefficient (Wildman–Crippen LogP) is 6.31. The molecule has 1 unspecified atom stereocenters. The first-order valence-corrected chi connectivity index (χ1v) is 14.0. The molecule has 2 aliphatic heterocycles. The molecule has 0 radical (unpaired) electrons. The predicted molar refractivity (Wildman–Crippen MR) is 143 cm³/mol. The van der Waals surface area contributed by atoms with Crippen LogP contribution in [0.15, 0.2) is 36.4 Å². The van der Waals surface area contributed by atoms with Crippen LogP contribution in [0.4, 0.5) is 14.9 Å². The fourth-order valence-corrected chi connectivity index (χ4v) is 6.50. The Morgan fingerprint density at radius 3 is 2.60 bits per heavy atom. The van der Waals surface area contributed by atoms with E-state index in [4.69, 9.17) is 11.6 Å². The number of likely N-dealkylation sites (tertiary alicyclic amines) is 2. The zero-order chi connectivity index (χ0) is 24.2. The van der Waals surface area contributed by atoms with Crippen molar-refractivity contribution in [2.75, 3.05) is 44.6 Å². The summed E-state index contributed by atoms with van der Waals surface area (Å²) >= 11 is 7.84. The number of halogens is 2. The lowest BCUT2D eigenvalue weighted by Crippen LogP contribution is -2.46. The van der Waals surface area contributed by atoms with Crippen molar-refractivity contribution < 1.29 is 9.18 Å². The molecule has 188 valence electrons. The van der Waals surface area contributed by atoms with Crippen LogP contribution >= 0.6 is 22.9 Å². The molecule has 2 fully saturated rings. The van der Waals surface area contributed by atoms with Crippen LogP contribution in [-0.2, 0) is 6.54 Å². The van der Waals surface area contributed by atoms with Crippen molar-refractivity contribution >= 4 is 40.2 Å². The molecule has 0 saturated carbocycles. The number of nitrogens with one attached hydrogen (secondary N) is 1. The lowest BCUT2D eigenvalue weighted by Gasteiger charge is -2.35. The Labute approximate surface area is 216 Å². The lowest BCUT2D eigenvalue weighted by molar-refractivity contribution is 0.170. The number of hydrogen-bond acceptors (Lipinski definition) is 4. The lowest BCUT2D eigenvalue weighted by atomic mass is 9.93. The Morgan fingerprint density at radius 2 is 1.91 bits per heavy atom. The highest BCUT2D eigenvalue weighted by Gasteiger charge is 2.27. The van der Waals surface area contributed by atoms with E-state index in [2.05, 4.69) is 33.3 Å². The first-order valence-electron chi connectivity index (χ1n) is 12.8. The van der Waals surface area contributed by atoms with Crippen LogP contribution in [0.2, 0.25) is 5.02 Å². The van der Waals surface area contributed by atoms with Crippen LogP contribution in [0, 0.1) is 5.82 Å². The van der Waals surface area contributed by atoms with Gasteiger partial charge in [0, 0.05) is 41.1 Å². The molecule has 1 aromatic carbocycles. The van der Waals surface area contributed by atoms with Gasteiger partial charge in [0.15, 0.2) is 0 Å². The summed E-state index contributed by atoms with van der Waals surface area (Å²) in [6.07, 6.45) is 8.89. The van der Waals surface area contributed by atoms with Gasteiger partial charge in [-0.05, 0) is 101 Å². The molecule has 35 heavy (non-hydrogen) atoms. The van der Waals surface area contributed by atoms with Crippen molar-refractivity contribution in [1.29, 1.82) is 0 Å². The van der Waals surface area contributed by atoms with E-state index in [1.807, 2.05) is 16.2 Å². The van der Waals surface area contributed by atoms with Crippen LogP contribution in [0.25, 0.3) is 5.57 Å². The maximum Gasteiger partial charge on any atom is 0.322 e. The molecule has 3 heterocycles. The zero-order valence-electron chi connectivity index (χ0n) is 20.1. The largest absolute Gasteiger partial charge is 0.322 e. The fourth-order valence-electron chi connectivity index (χ4n) is 5.20. The first kappa shape index (κ1) is 24.8. The smallest absolute Gasteiger partial charge is 0.320 e. The summed E-state index contributed by atoms with van der Waals surface area (Å²) in [5, 5.41) is 2.97. The van der Waals surface area contributed by atoms with Crippen LogP contribution in [-0.4, -0.2) is 66.0 Å². The monoisotopic (exact) mass is 516 g/mol. The van der Waals surface area contributed by atoms with E-state index in [-0.39, 0.29) is 17.1 Å².